The van der Waals surface area contributed by atoms with Crippen molar-refractivity contribution < 1.29 is 0 Å². The van der Waals surface area contributed by atoms with Gasteiger partial charge in [0.15, 0.2) is 0 Å². The zero-order chi connectivity index (χ0) is 9.26. The van der Waals surface area contributed by atoms with Crippen molar-refractivity contribution in [1.82, 2.24) is 9.97 Å². The molecule has 0 fully saturated rings. The number of imidazole rings is 1. The summed E-state index contributed by atoms with van der Waals surface area (Å²) in [6.07, 6.45) is 2.03. The first-order valence-corrected chi connectivity index (χ1v) is 4.59. The molecule has 2 aromatic rings. The molecule has 0 aliphatic heterocycles. The van der Waals surface area contributed by atoms with Gasteiger partial charge in [-0.25, -0.2) is 4.98 Å². The van der Waals surface area contributed by atoms with Crippen molar-refractivity contribution in [2.75, 3.05) is 0 Å². The normalized spacial score (nSPS) is 10.2. The highest BCUT2D eigenvalue weighted by Crippen LogP contribution is 2.23. The number of aromatic amines is 1. The van der Waals surface area contributed by atoms with E-state index in [0.717, 1.165) is 21.1 Å². The summed E-state index contributed by atoms with van der Waals surface area (Å²) < 4.78 is 0.974. The molecule has 0 spiro atoms. The van der Waals surface area contributed by atoms with Gasteiger partial charge >= 0.3 is 0 Å². The van der Waals surface area contributed by atoms with E-state index in [4.69, 9.17) is 5.26 Å². The van der Waals surface area contributed by atoms with E-state index in [1.54, 1.807) is 6.33 Å². The highest BCUT2D eigenvalue weighted by molar-refractivity contribution is 9.10. The molecule has 64 valence electrons. The summed E-state index contributed by atoms with van der Waals surface area (Å²) in [6.45, 7) is 0. The molecular formula is C9H6BrN3. The third-order valence-electron chi connectivity index (χ3n) is 1.88. The second-order valence-corrected chi connectivity index (χ2v) is 3.52. The Hall–Kier alpha value is -1.34. The van der Waals surface area contributed by atoms with Crippen molar-refractivity contribution in [3.8, 4) is 6.07 Å². The van der Waals surface area contributed by atoms with Crippen molar-refractivity contribution in [3.63, 3.8) is 0 Å². The Kier molecular flexibility index (Phi) is 2.03. The Morgan fingerprint density at radius 1 is 1.54 bits per heavy atom. The maximum atomic E-state index is 8.59. The summed E-state index contributed by atoms with van der Waals surface area (Å²) in [5, 5.41) is 8.59. The average Bonchev–Trinajstić information content (AvgIpc) is 2.59. The van der Waals surface area contributed by atoms with Gasteiger partial charge in [-0.3, -0.25) is 0 Å². The third kappa shape index (κ3) is 1.31. The number of hydrogen-bond donors (Lipinski definition) is 1. The fourth-order valence-electron chi connectivity index (χ4n) is 1.28. The molecule has 0 aliphatic rings. The fraction of sp³-hybridized carbons (Fsp3) is 0.111. The Balaban J connectivity index is 2.72. The lowest BCUT2D eigenvalue weighted by Crippen LogP contribution is -1.84. The average molecular weight is 236 g/mol. The topological polar surface area (TPSA) is 52.5 Å². The fourth-order valence-corrected chi connectivity index (χ4v) is 1.72. The number of benzene rings is 1. The molecule has 4 heteroatoms. The van der Waals surface area contributed by atoms with E-state index in [1.807, 2.05) is 12.1 Å². The molecule has 0 saturated heterocycles. The van der Waals surface area contributed by atoms with Crippen molar-refractivity contribution in [1.29, 1.82) is 5.26 Å². The first-order chi connectivity index (χ1) is 6.33. The van der Waals surface area contributed by atoms with Crippen LogP contribution < -0.4 is 0 Å². The molecule has 0 amide bonds. The molecule has 2 rings (SSSR count). The number of nitrogens with one attached hydrogen (secondary N) is 1. The molecular weight excluding hydrogens is 230 g/mol. The SMILES string of the molecule is N#CCc1ccc(Br)c2[nH]cnc12. The van der Waals surface area contributed by atoms with E-state index in [2.05, 4.69) is 32.0 Å². The summed E-state index contributed by atoms with van der Waals surface area (Å²) in [7, 11) is 0. The lowest BCUT2D eigenvalue weighted by molar-refractivity contribution is 1.26. The van der Waals surface area contributed by atoms with Crippen LogP contribution in [0.1, 0.15) is 5.56 Å². The number of fused-ring (bicyclic) bond motifs is 1. The van der Waals surface area contributed by atoms with Crippen molar-refractivity contribution in [2.24, 2.45) is 0 Å². The minimum Gasteiger partial charge on any atom is -0.344 e. The standard InChI is InChI=1S/C9H6BrN3/c10-7-2-1-6(3-4-11)8-9(7)13-5-12-8/h1-2,5H,3H2,(H,12,13). The lowest BCUT2D eigenvalue weighted by Gasteiger charge is -1.97. The minimum atomic E-state index is 0.397. The van der Waals surface area contributed by atoms with E-state index in [1.165, 1.54) is 0 Å². The van der Waals surface area contributed by atoms with Gasteiger partial charge in [0.2, 0.25) is 0 Å². The highest BCUT2D eigenvalue weighted by Gasteiger charge is 2.05. The van der Waals surface area contributed by atoms with Gasteiger partial charge in [-0.2, -0.15) is 5.26 Å². The molecule has 0 saturated carbocycles. The quantitative estimate of drug-likeness (QED) is 0.826. The van der Waals surface area contributed by atoms with Crippen LogP contribution in [-0.2, 0) is 6.42 Å². The minimum absolute atomic E-state index is 0.397. The summed E-state index contributed by atoms with van der Waals surface area (Å²) in [4.78, 5) is 7.18. The molecule has 1 N–H and O–H groups in total. The Bertz CT molecular complexity index is 481. The Labute approximate surface area is 83.5 Å². The van der Waals surface area contributed by atoms with E-state index in [9.17, 15) is 0 Å². The predicted molar refractivity (Wildman–Crippen MR) is 53.1 cm³/mol. The third-order valence-corrected chi connectivity index (χ3v) is 2.54. The molecule has 0 unspecified atom stereocenters. The van der Waals surface area contributed by atoms with E-state index < -0.39 is 0 Å². The molecule has 1 heterocycles. The van der Waals surface area contributed by atoms with Gasteiger partial charge < -0.3 is 4.98 Å². The number of rotatable bonds is 1. The van der Waals surface area contributed by atoms with Crippen LogP contribution in [0.4, 0.5) is 0 Å². The highest BCUT2D eigenvalue weighted by atomic mass is 79.9. The number of H-pyrrole nitrogens is 1. The van der Waals surface area contributed by atoms with Crippen LogP contribution in [0.2, 0.25) is 0 Å². The van der Waals surface area contributed by atoms with Gasteiger partial charge in [0.1, 0.15) is 0 Å². The van der Waals surface area contributed by atoms with Crippen LogP contribution in [0.5, 0.6) is 0 Å². The first kappa shape index (κ1) is 8.27. The molecule has 0 aliphatic carbocycles. The number of halogens is 1. The number of hydrogen-bond acceptors (Lipinski definition) is 2. The zero-order valence-corrected chi connectivity index (χ0v) is 8.30. The van der Waals surface area contributed by atoms with Crippen LogP contribution in [-0.4, -0.2) is 9.97 Å². The Morgan fingerprint density at radius 3 is 3.15 bits per heavy atom. The predicted octanol–water partition coefficient (Wildman–Crippen LogP) is 2.39. The monoisotopic (exact) mass is 235 g/mol. The van der Waals surface area contributed by atoms with Gasteiger partial charge in [-0.1, -0.05) is 6.07 Å². The van der Waals surface area contributed by atoms with Crippen molar-refractivity contribution in [3.05, 3.63) is 28.5 Å². The van der Waals surface area contributed by atoms with Gasteiger partial charge in [-0.05, 0) is 27.6 Å². The van der Waals surface area contributed by atoms with Crippen molar-refractivity contribution >= 4 is 27.0 Å². The molecule has 1 aromatic heterocycles. The van der Waals surface area contributed by atoms with Crippen LogP contribution in [0.25, 0.3) is 11.0 Å². The van der Waals surface area contributed by atoms with Crippen molar-refractivity contribution in [2.45, 2.75) is 6.42 Å². The van der Waals surface area contributed by atoms with Crippen LogP contribution in [0.15, 0.2) is 22.9 Å². The van der Waals surface area contributed by atoms with Gasteiger partial charge in [0.25, 0.3) is 0 Å². The smallest absolute Gasteiger partial charge is 0.0936 e. The molecule has 3 nitrogen and oxygen atoms in total. The first-order valence-electron chi connectivity index (χ1n) is 3.80. The van der Waals surface area contributed by atoms with E-state index in [-0.39, 0.29) is 0 Å². The molecule has 13 heavy (non-hydrogen) atoms. The summed E-state index contributed by atoms with van der Waals surface area (Å²) >= 11 is 3.41. The largest absolute Gasteiger partial charge is 0.344 e. The second kappa shape index (κ2) is 3.19. The second-order valence-electron chi connectivity index (χ2n) is 2.67. The molecule has 0 radical (unpaired) electrons. The van der Waals surface area contributed by atoms with E-state index in [0.29, 0.717) is 6.42 Å². The maximum Gasteiger partial charge on any atom is 0.0936 e. The summed E-state index contributed by atoms with van der Waals surface area (Å²) in [6, 6.07) is 5.95. The molecule has 0 atom stereocenters. The number of nitrogens with zero attached hydrogens (tertiary/aromatic N) is 2. The van der Waals surface area contributed by atoms with Gasteiger partial charge in [0, 0.05) is 4.47 Å². The van der Waals surface area contributed by atoms with Crippen LogP contribution >= 0.6 is 15.9 Å². The summed E-state index contributed by atoms with van der Waals surface area (Å²) in [5.41, 5.74) is 2.78. The van der Waals surface area contributed by atoms with Crippen LogP contribution in [0.3, 0.4) is 0 Å². The van der Waals surface area contributed by atoms with Crippen LogP contribution in [0, 0.1) is 11.3 Å². The molecule has 1 aromatic carbocycles. The van der Waals surface area contributed by atoms with E-state index >= 15 is 0 Å². The summed E-state index contributed by atoms with van der Waals surface area (Å²) in [5.74, 6) is 0. The van der Waals surface area contributed by atoms with Gasteiger partial charge in [0.05, 0.1) is 29.9 Å². The number of aromatic nitrogens is 2. The molecule has 0 bridgehead atoms. The maximum absolute atomic E-state index is 8.59. The Morgan fingerprint density at radius 2 is 2.38 bits per heavy atom. The zero-order valence-electron chi connectivity index (χ0n) is 6.71. The van der Waals surface area contributed by atoms with Gasteiger partial charge in [-0.15, -0.1) is 0 Å². The number of nitriles is 1. The lowest BCUT2D eigenvalue weighted by atomic mass is 10.1.